The number of carbonyl (C=O) groups is 1. The predicted molar refractivity (Wildman–Crippen MR) is 119 cm³/mol. The number of aromatic hydroxyl groups is 1. The second kappa shape index (κ2) is 8.61. The Morgan fingerprint density at radius 3 is 2.78 bits per heavy atom. The Hall–Kier alpha value is -1.59. The maximum Gasteiger partial charge on any atom is 0.307 e. The Kier molecular flexibility index (Phi) is 6.43. The first kappa shape index (κ1) is 20.2. The summed E-state index contributed by atoms with van der Waals surface area (Å²) in [5.74, 6) is -0.0706. The van der Waals surface area contributed by atoms with Crippen LogP contribution in [0.5, 0.6) is 11.5 Å². The highest BCUT2D eigenvalue weighted by atomic mass is 127. The normalized spacial score (nSPS) is 11.3. The van der Waals surface area contributed by atoms with Gasteiger partial charge in [-0.25, -0.2) is 5.43 Å². The van der Waals surface area contributed by atoms with Gasteiger partial charge in [0.1, 0.15) is 5.58 Å². The van der Waals surface area contributed by atoms with Gasteiger partial charge in [0, 0.05) is 19.9 Å². The van der Waals surface area contributed by atoms with Gasteiger partial charge in [0.05, 0.1) is 16.4 Å². The second-order valence-corrected chi connectivity index (χ2v) is 8.38. The lowest BCUT2D eigenvalue weighted by Gasteiger charge is -2.08. The largest absolute Gasteiger partial charge is 0.504 e. The van der Waals surface area contributed by atoms with E-state index in [1.54, 1.807) is 18.2 Å². The molecule has 0 bridgehead atoms. The van der Waals surface area contributed by atoms with Crippen molar-refractivity contribution < 1.29 is 19.1 Å². The third-order valence-corrected chi connectivity index (χ3v) is 5.22. The fraction of sp³-hybridized carbons (Fsp3) is 0.111. The summed E-state index contributed by atoms with van der Waals surface area (Å²) in [4.78, 5) is 12.3. The first-order valence-electron chi connectivity index (χ1n) is 7.76. The lowest BCUT2D eigenvalue weighted by molar-refractivity contribution is 0.0929. The fourth-order valence-corrected chi connectivity index (χ4v) is 4.48. The van der Waals surface area contributed by atoms with Crippen molar-refractivity contribution in [2.75, 3.05) is 6.61 Å². The first-order valence-corrected chi connectivity index (χ1v) is 10.4. The molecule has 0 aliphatic rings. The predicted octanol–water partition coefficient (Wildman–Crippen LogP) is 5.43. The van der Waals surface area contributed by atoms with Crippen molar-refractivity contribution in [1.29, 1.82) is 0 Å². The van der Waals surface area contributed by atoms with Crippen LogP contribution in [0.15, 0.2) is 48.8 Å². The Morgan fingerprint density at radius 2 is 2.04 bits per heavy atom. The zero-order valence-corrected chi connectivity index (χ0v) is 19.3. The Morgan fingerprint density at radius 1 is 1.30 bits per heavy atom. The molecule has 0 unspecified atom stereocenters. The van der Waals surface area contributed by atoms with Crippen molar-refractivity contribution >= 4 is 77.5 Å². The Labute approximate surface area is 185 Å². The number of hydrogen-bond acceptors (Lipinski definition) is 5. The van der Waals surface area contributed by atoms with Crippen LogP contribution in [0.2, 0.25) is 0 Å². The molecule has 1 aromatic heterocycles. The van der Waals surface area contributed by atoms with Crippen molar-refractivity contribution in [2.45, 2.75) is 6.92 Å². The molecule has 2 N–H and O–H groups in total. The summed E-state index contributed by atoms with van der Waals surface area (Å²) in [7, 11) is 0. The summed E-state index contributed by atoms with van der Waals surface area (Å²) in [5, 5.41) is 14.9. The molecule has 3 aromatic rings. The molecule has 0 aliphatic carbocycles. The topological polar surface area (TPSA) is 84.1 Å². The van der Waals surface area contributed by atoms with Gasteiger partial charge in [-0.05, 0) is 59.8 Å². The lowest BCUT2D eigenvalue weighted by Crippen LogP contribution is -2.16. The van der Waals surface area contributed by atoms with E-state index in [9.17, 15) is 9.90 Å². The molecular formula is C18H13Br2IN2O4. The molecule has 0 atom stereocenters. The van der Waals surface area contributed by atoms with Crippen LogP contribution in [-0.2, 0) is 0 Å². The van der Waals surface area contributed by atoms with Gasteiger partial charge in [0.2, 0.25) is 0 Å². The number of halogens is 3. The highest BCUT2D eigenvalue weighted by molar-refractivity contribution is 14.1. The summed E-state index contributed by atoms with van der Waals surface area (Å²) in [6.45, 7) is 2.24. The minimum atomic E-state index is -0.492. The number of fused-ring (bicyclic) bond motifs is 1. The summed E-state index contributed by atoms with van der Waals surface area (Å²) < 4.78 is 13.5. The third kappa shape index (κ3) is 4.64. The average molecular weight is 608 g/mol. The summed E-state index contributed by atoms with van der Waals surface area (Å²) >= 11 is 8.91. The van der Waals surface area contributed by atoms with Gasteiger partial charge in [-0.15, -0.1) is 0 Å². The minimum Gasteiger partial charge on any atom is -0.504 e. The molecule has 1 amide bonds. The molecule has 0 spiro atoms. The lowest BCUT2D eigenvalue weighted by atomic mass is 10.2. The number of rotatable bonds is 5. The first-order chi connectivity index (χ1) is 12.9. The van der Waals surface area contributed by atoms with Crippen LogP contribution in [0.25, 0.3) is 11.0 Å². The molecule has 6 nitrogen and oxygen atoms in total. The molecule has 1 heterocycles. The molecule has 9 heteroatoms. The van der Waals surface area contributed by atoms with Gasteiger partial charge < -0.3 is 14.3 Å². The van der Waals surface area contributed by atoms with E-state index < -0.39 is 5.91 Å². The van der Waals surface area contributed by atoms with Gasteiger partial charge in [-0.3, -0.25) is 4.79 Å². The zero-order chi connectivity index (χ0) is 19.6. The van der Waals surface area contributed by atoms with Crippen LogP contribution < -0.4 is 10.2 Å². The van der Waals surface area contributed by atoms with Gasteiger partial charge in [0.15, 0.2) is 17.3 Å². The molecule has 0 fully saturated rings. The van der Waals surface area contributed by atoms with Crippen LogP contribution in [0, 0.1) is 3.57 Å². The van der Waals surface area contributed by atoms with Gasteiger partial charge in [0.25, 0.3) is 0 Å². The second-order valence-electron chi connectivity index (χ2n) is 5.39. The van der Waals surface area contributed by atoms with Crippen LogP contribution in [0.3, 0.4) is 0 Å². The van der Waals surface area contributed by atoms with E-state index in [1.165, 1.54) is 6.21 Å². The van der Waals surface area contributed by atoms with Crippen molar-refractivity contribution in [3.8, 4) is 11.5 Å². The number of hydrogen-bond donors (Lipinski definition) is 2. The molecule has 140 valence electrons. The molecule has 2 aromatic carbocycles. The molecule has 0 saturated carbocycles. The van der Waals surface area contributed by atoms with E-state index in [0.717, 1.165) is 13.4 Å². The van der Waals surface area contributed by atoms with Crippen molar-refractivity contribution in [3.05, 3.63) is 54.2 Å². The number of benzene rings is 2. The van der Waals surface area contributed by atoms with Crippen molar-refractivity contribution in [1.82, 2.24) is 5.43 Å². The van der Waals surface area contributed by atoms with E-state index in [4.69, 9.17) is 9.15 Å². The highest BCUT2D eigenvalue weighted by Crippen LogP contribution is 2.33. The number of ether oxygens (including phenoxy) is 1. The van der Waals surface area contributed by atoms with Crippen LogP contribution in [-0.4, -0.2) is 23.8 Å². The minimum absolute atomic E-state index is 0.0545. The number of nitrogens with one attached hydrogen (secondary N) is 1. The van der Waals surface area contributed by atoms with Crippen LogP contribution in [0.4, 0.5) is 0 Å². The number of furan rings is 1. The highest BCUT2D eigenvalue weighted by Gasteiger charge is 2.14. The van der Waals surface area contributed by atoms with E-state index in [0.29, 0.717) is 28.0 Å². The number of hydrazone groups is 1. The fourth-order valence-electron chi connectivity index (χ4n) is 2.36. The zero-order valence-electron chi connectivity index (χ0n) is 13.9. The summed E-state index contributed by atoms with van der Waals surface area (Å²) in [6, 6.07) is 8.74. The van der Waals surface area contributed by atoms with Gasteiger partial charge in [-0.1, -0.05) is 31.9 Å². The van der Waals surface area contributed by atoms with Crippen LogP contribution in [0.1, 0.15) is 23.0 Å². The van der Waals surface area contributed by atoms with E-state index >= 15 is 0 Å². The van der Waals surface area contributed by atoms with E-state index in [1.807, 2.05) is 19.1 Å². The number of amides is 1. The van der Waals surface area contributed by atoms with Crippen molar-refractivity contribution in [2.24, 2.45) is 5.10 Å². The van der Waals surface area contributed by atoms with Crippen LogP contribution >= 0.6 is 54.5 Å². The molecule has 0 saturated heterocycles. The molecule has 0 aliphatic heterocycles. The third-order valence-electron chi connectivity index (χ3n) is 3.50. The average Bonchev–Trinajstić information content (AvgIpc) is 3.03. The molecular weight excluding hydrogens is 595 g/mol. The number of nitrogens with zero attached hydrogens (tertiary/aromatic N) is 1. The smallest absolute Gasteiger partial charge is 0.307 e. The number of carbonyl (C=O) groups excluding carboxylic acids is 1. The quantitative estimate of drug-likeness (QED) is 0.230. The standard InChI is InChI=1S/C18H13Br2IN2O4/c1-2-26-14-7-12(20)4-10(16(14)24)8-22-23-18(25)15-5-9-3-11(19)6-13(21)17(9)27-15/h3-8,24H,2H2,1H3,(H,23,25)/b22-8-. The Bertz CT molecular complexity index is 1050. The summed E-state index contributed by atoms with van der Waals surface area (Å²) in [6.07, 6.45) is 1.34. The van der Waals surface area contributed by atoms with Gasteiger partial charge >= 0.3 is 5.91 Å². The monoisotopic (exact) mass is 606 g/mol. The molecule has 0 radical (unpaired) electrons. The number of phenols is 1. The number of phenolic OH excluding ortho intramolecular Hbond substituents is 1. The SMILES string of the molecule is CCOc1cc(Br)cc(/C=N\NC(=O)c2cc3cc(Br)cc(I)c3o2)c1O. The Balaban J connectivity index is 1.79. The van der Waals surface area contributed by atoms with Gasteiger partial charge in [-0.2, -0.15) is 5.10 Å². The maximum absolute atomic E-state index is 12.3. The maximum atomic E-state index is 12.3. The van der Waals surface area contributed by atoms with E-state index in [-0.39, 0.29) is 11.5 Å². The summed E-state index contributed by atoms with van der Waals surface area (Å²) in [5.41, 5.74) is 3.43. The molecule has 3 rings (SSSR count). The molecule has 27 heavy (non-hydrogen) atoms. The van der Waals surface area contributed by atoms with E-state index in [2.05, 4.69) is 65.0 Å². The van der Waals surface area contributed by atoms with Crippen molar-refractivity contribution in [3.63, 3.8) is 0 Å².